The summed E-state index contributed by atoms with van der Waals surface area (Å²) in [6.07, 6.45) is 1.54. The first-order valence-corrected chi connectivity index (χ1v) is 8.22. The van der Waals surface area contributed by atoms with E-state index in [4.69, 9.17) is 17.3 Å². The van der Waals surface area contributed by atoms with Crippen molar-refractivity contribution in [2.45, 2.75) is 0 Å². The van der Waals surface area contributed by atoms with Crippen molar-refractivity contribution in [1.82, 2.24) is 15.0 Å². The first-order chi connectivity index (χ1) is 11.5. The van der Waals surface area contributed by atoms with E-state index in [-0.39, 0.29) is 0 Å². The van der Waals surface area contributed by atoms with Gasteiger partial charge in [0.15, 0.2) is 11.6 Å². The van der Waals surface area contributed by atoms with Gasteiger partial charge in [-0.25, -0.2) is 15.0 Å². The van der Waals surface area contributed by atoms with Crippen LogP contribution in [0.1, 0.15) is 0 Å². The molecule has 0 aliphatic carbocycles. The van der Waals surface area contributed by atoms with E-state index in [1.165, 1.54) is 0 Å². The fraction of sp³-hybridized carbons (Fsp3) is 0.375. The van der Waals surface area contributed by atoms with Crippen LogP contribution in [0.15, 0.2) is 30.6 Å². The van der Waals surface area contributed by atoms with Gasteiger partial charge in [-0.2, -0.15) is 0 Å². The second kappa shape index (κ2) is 7.11. The Morgan fingerprint density at radius 1 is 1.12 bits per heavy atom. The lowest BCUT2D eigenvalue weighted by Gasteiger charge is -2.37. The van der Waals surface area contributed by atoms with Crippen LogP contribution >= 0.6 is 11.6 Å². The Balaban J connectivity index is 1.71. The van der Waals surface area contributed by atoms with Crippen molar-refractivity contribution in [3.05, 3.63) is 35.6 Å². The first kappa shape index (κ1) is 16.6. The normalized spacial score (nSPS) is 15.0. The molecule has 2 heterocycles. The average molecular weight is 348 g/mol. The van der Waals surface area contributed by atoms with Gasteiger partial charge in [-0.3, -0.25) is 0 Å². The van der Waals surface area contributed by atoms with E-state index in [1.807, 2.05) is 32.3 Å². The number of hydrogen-bond acceptors (Lipinski definition) is 7. The van der Waals surface area contributed by atoms with Crippen LogP contribution < -0.4 is 21.0 Å². The Bertz CT molecular complexity index is 699. The summed E-state index contributed by atoms with van der Waals surface area (Å²) in [5.41, 5.74) is 11.1. The first-order valence-electron chi connectivity index (χ1n) is 7.84. The van der Waals surface area contributed by atoms with Crippen LogP contribution in [0, 0.1) is 0 Å². The van der Waals surface area contributed by atoms with Crippen molar-refractivity contribution in [3.8, 4) is 0 Å². The van der Waals surface area contributed by atoms with Crippen molar-refractivity contribution in [2.75, 3.05) is 61.2 Å². The summed E-state index contributed by atoms with van der Waals surface area (Å²) in [4.78, 5) is 13.1. The van der Waals surface area contributed by atoms with Crippen molar-refractivity contribution < 1.29 is 0 Å². The maximum Gasteiger partial charge on any atom is 0.169 e. The number of halogens is 1. The fourth-order valence-electron chi connectivity index (χ4n) is 2.79. The number of nitrogens with zero attached hydrogens (tertiary/aromatic N) is 5. The number of piperazine rings is 1. The molecule has 2 aromatic rings. The molecule has 0 bridgehead atoms. The molecular formula is C16H22ClN7. The molecule has 0 amide bonds. The van der Waals surface area contributed by atoms with Gasteiger partial charge in [0.25, 0.3) is 0 Å². The molecule has 0 unspecified atom stereocenters. The molecule has 128 valence electrons. The van der Waals surface area contributed by atoms with Gasteiger partial charge in [0.1, 0.15) is 12.0 Å². The zero-order valence-corrected chi connectivity index (χ0v) is 14.7. The minimum Gasteiger partial charge on any atom is -0.393 e. The smallest absolute Gasteiger partial charge is 0.169 e. The number of nitrogens with one attached hydrogen (secondary N) is 1. The number of rotatable bonds is 4. The Kier molecular flexibility index (Phi) is 4.92. The maximum atomic E-state index is 6.24. The van der Waals surface area contributed by atoms with Gasteiger partial charge in [-0.05, 0) is 18.2 Å². The van der Waals surface area contributed by atoms with E-state index in [2.05, 4.69) is 31.3 Å². The lowest BCUT2D eigenvalue weighted by Crippen LogP contribution is -2.47. The molecule has 3 N–H and O–H groups in total. The zero-order valence-electron chi connectivity index (χ0n) is 13.9. The van der Waals surface area contributed by atoms with Crippen molar-refractivity contribution in [3.63, 3.8) is 0 Å². The van der Waals surface area contributed by atoms with Crippen molar-refractivity contribution in [1.29, 1.82) is 0 Å². The summed E-state index contributed by atoms with van der Waals surface area (Å²) >= 11 is 6.09. The highest BCUT2D eigenvalue weighted by atomic mass is 35.5. The highest BCUT2D eigenvalue weighted by Crippen LogP contribution is 2.28. The SMILES string of the molecule is CN(C)Nc1ncnc(N2CCN(c3cccc(Cl)c3)CC2)c1N. The number of anilines is 4. The van der Waals surface area contributed by atoms with Gasteiger partial charge in [-0.15, -0.1) is 0 Å². The van der Waals surface area contributed by atoms with E-state index in [1.54, 1.807) is 11.3 Å². The lowest BCUT2D eigenvalue weighted by molar-refractivity contribution is 0.492. The van der Waals surface area contributed by atoms with E-state index in [0.717, 1.165) is 42.7 Å². The number of nitrogens with two attached hydrogens (primary N) is 1. The second-order valence-electron chi connectivity index (χ2n) is 5.92. The molecule has 1 aliphatic heterocycles. The molecule has 0 radical (unpaired) electrons. The fourth-order valence-corrected chi connectivity index (χ4v) is 2.97. The quantitative estimate of drug-likeness (QED) is 0.818. The monoisotopic (exact) mass is 347 g/mol. The van der Waals surface area contributed by atoms with Crippen molar-refractivity contribution in [2.24, 2.45) is 0 Å². The molecule has 1 fully saturated rings. The van der Waals surface area contributed by atoms with Crippen LogP contribution in [0.4, 0.5) is 23.0 Å². The van der Waals surface area contributed by atoms with E-state index < -0.39 is 0 Å². The maximum absolute atomic E-state index is 6.24. The van der Waals surface area contributed by atoms with E-state index in [0.29, 0.717) is 11.5 Å². The number of hydrazine groups is 1. The third kappa shape index (κ3) is 3.63. The van der Waals surface area contributed by atoms with Gasteiger partial charge < -0.3 is 21.0 Å². The second-order valence-corrected chi connectivity index (χ2v) is 6.36. The molecule has 1 aliphatic rings. The standard InChI is InChI=1S/C16H22ClN7/c1-22(2)21-15-14(18)16(20-11-19-15)24-8-6-23(7-9-24)13-5-3-4-12(17)10-13/h3-5,10-11H,6-9,18H2,1-2H3,(H,19,20,21). The lowest BCUT2D eigenvalue weighted by atomic mass is 10.2. The third-order valence-electron chi connectivity index (χ3n) is 3.94. The van der Waals surface area contributed by atoms with Gasteiger partial charge in [0.05, 0.1) is 0 Å². The van der Waals surface area contributed by atoms with Gasteiger partial charge >= 0.3 is 0 Å². The molecule has 24 heavy (non-hydrogen) atoms. The predicted octanol–water partition coefficient (Wildman–Crippen LogP) is 1.93. The molecule has 1 aromatic heterocycles. The van der Waals surface area contributed by atoms with Crippen LogP contribution in [-0.4, -0.2) is 55.3 Å². The van der Waals surface area contributed by atoms with E-state index >= 15 is 0 Å². The van der Waals surface area contributed by atoms with Crippen LogP contribution in [0.25, 0.3) is 0 Å². The van der Waals surface area contributed by atoms with Crippen LogP contribution in [-0.2, 0) is 0 Å². The molecule has 1 aromatic carbocycles. The Hall–Kier alpha value is -2.25. The summed E-state index contributed by atoms with van der Waals surface area (Å²) in [6.45, 7) is 3.46. The molecule has 3 rings (SSSR count). The van der Waals surface area contributed by atoms with Crippen molar-refractivity contribution >= 4 is 34.6 Å². The topological polar surface area (TPSA) is 73.5 Å². The minimum absolute atomic E-state index is 0.572. The molecule has 0 atom stereocenters. The zero-order chi connectivity index (χ0) is 17.1. The highest BCUT2D eigenvalue weighted by molar-refractivity contribution is 6.30. The van der Waals surface area contributed by atoms with Gasteiger partial charge in [0.2, 0.25) is 0 Å². The molecule has 0 saturated carbocycles. The predicted molar refractivity (Wildman–Crippen MR) is 99.6 cm³/mol. The summed E-state index contributed by atoms with van der Waals surface area (Å²) < 4.78 is 0. The molecule has 0 spiro atoms. The van der Waals surface area contributed by atoms with Gasteiger partial charge in [0, 0.05) is 51.0 Å². The van der Waals surface area contributed by atoms with Gasteiger partial charge in [-0.1, -0.05) is 17.7 Å². The van der Waals surface area contributed by atoms with Crippen LogP contribution in [0.5, 0.6) is 0 Å². The Morgan fingerprint density at radius 3 is 2.50 bits per heavy atom. The van der Waals surface area contributed by atoms with Crippen LogP contribution in [0.3, 0.4) is 0 Å². The molecule has 7 nitrogen and oxygen atoms in total. The average Bonchev–Trinajstić information content (AvgIpc) is 2.57. The molecule has 1 saturated heterocycles. The third-order valence-corrected chi connectivity index (χ3v) is 4.18. The number of benzene rings is 1. The summed E-state index contributed by atoms with van der Waals surface area (Å²) in [6, 6.07) is 7.95. The summed E-state index contributed by atoms with van der Waals surface area (Å²) in [5.74, 6) is 1.40. The molecule has 8 heteroatoms. The summed E-state index contributed by atoms with van der Waals surface area (Å²) in [7, 11) is 3.79. The number of nitrogen functional groups attached to an aromatic ring is 1. The van der Waals surface area contributed by atoms with Crippen LogP contribution in [0.2, 0.25) is 5.02 Å². The minimum atomic E-state index is 0.572. The number of aromatic nitrogens is 2. The number of hydrogen-bond donors (Lipinski definition) is 2. The largest absolute Gasteiger partial charge is 0.393 e. The highest BCUT2D eigenvalue weighted by Gasteiger charge is 2.21. The Morgan fingerprint density at radius 2 is 1.83 bits per heavy atom. The summed E-state index contributed by atoms with van der Waals surface area (Å²) in [5, 5.41) is 2.56. The Labute approximate surface area is 147 Å². The van der Waals surface area contributed by atoms with E-state index in [9.17, 15) is 0 Å². The molecular weight excluding hydrogens is 326 g/mol.